The van der Waals surface area contributed by atoms with Crippen molar-refractivity contribution in [3.63, 3.8) is 0 Å². The molecule has 1 heterocycles. The fourth-order valence-corrected chi connectivity index (χ4v) is 2.42. The van der Waals surface area contributed by atoms with Gasteiger partial charge in [-0.05, 0) is 48.9 Å². The van der Waals surface area contributed by atoms with Gasteiger partial charge in [0, 0.05) is 15.8 Å². The molecule has 0 aliphatic carbocycles. The molecule has 122 valence electrons. The van der Waals surface area contributed by atoms with Gasteiger partial charge in [-0.3, -0.25) is 0 Å². The lowest BCUT2D eigenvalue weighted by molar-refractivity contribution is 0.415. The Kier molecular flexibility index (Phi) is 4.90. The van der Waals surface area contributed by atoms with Gasteiger partial charge in [0.1, 0.15) is 5.75 Å². The second kappa shape index (κ2) is 7.27. The summed E-state index contributed by atoms with van der Waals surface area (Å²) < 4.78 is 6.17. The molecule has 1 aromatic heterocycles. The maximum absolute atomic E-state index is 5.14. The molecule has 0 spiro atoms. The fraction of sp³-hybridized carbons (Fsp3) is 0.118. The van der Waals surface area contributed by atoms with E-state index in [0.29, 0.717) is 11.8 Å². The van der Waals surface area contributed by atoms with Gasteiger partial charge in [-0.15, -0.1) is 5.10 Å². The van der Waals surface area contributed by atoms with E-state index in [2.05, 4.69) is 41.7 Å². The molecule has 6 nitrogen and oxygen atoms in total. The van der Waals surface area contributed by atoms with Gasteiger partial charge in [-0.1, -0.05) is 22.0 Å². The zero-order valence-corrected chi connectivity index (χ0v) is 14.8. The molecule has 0 unspecified atom stereocenters. The lowest BCUT2D eigenvalue weighted by atomic mass is 10.2. The molecule has 0 saturated carbocycles. The van der Waals surface area contributed by atoms with Crippen LogP contribution in [-0.2, 0) is 0 Å². The van der Waals surface area contributed by atoms with E-state index in [9.17, 15) is 0 Å². The second-order valence-corrected chi connectivity index (χ2v) is 5.96. The fourth-order valence-electron chi connectivity index (χ4n) is 2.04. The van der Waals surface area contributed by atoms with Gasteiger partial charge in [0.2, 0.25) is 5.95 Å². The molecular formula is C17H16BrN5O. The van der Waals surface area contributed by atoms with E-state index in [1.807, 2.05) is 49.4 Å². The smallest absolute Gasteiger partial charge is 0.249 e. The number of anilines is 4. The van der Waals surface area contributed by atoms with E-state index in [1.54, 1.807) is 13.3 Å². The standard InChI is InChI=1S/C17H16BrN5O/c1-11-3-4-13(9-15(11)18)20-16-10-19-23-17(22-16)21-12-5-7-14(24-2)8-6-12/h3-10H,1-2H3,(H2,20,21,22,23). The molecule has 0 aliphatic heterocycles. The average molecular weight is 386 g/mol. The molecule has 0 saturated heterocycles. The van der Waals surface area contributed by atoms with Crippen LogP contribution in [0.5, 0.6) is 5.75 Å². The number of aromatic nitrogens is 3. The summed E-state index contributed by atoms with van der Waals surface area (Å²) in [6.45, 7) is 2.04. The third kappa shape index (κ3) is 3.99. The summed E-state index contributed by atoms with van der Waals surface area (Å²) in [5, 5.41) is 14.3. The Hall–Kier alpha value is -2.67. The molecule has 0 aliphatic rings. The van der Waals surface area contributed by atoms with Crippen molar-refractivity contribution in [3.05, 3.63) is 58.7 Å². The SMILES string of the molecule is COc1ccc(Nc2nncc(Nc3ccc(C)c(Br)c3)n2)cc1. The number of hydrogen-bond acceptors (Lipinski definition) is 6. The van der Waals surface area contributed by atoms with Gasteiger partial charge < -0.3 is 15.4 Å². The Balaban J connectivity index is 1.74. The van der Waals surface area contributed by atoms with E-state index in [1.165, 1.54) is 5.56 Å². The van der Waals surface area contributed by atoms with Crippen molar-refractivity contribution in [1.29, 1.82) is 0 Å². The number of aryl methyl sites for hydroxylation is 1. The first-order valence-corrected chi connectivity index (χ1v) is 8.07. The van der Waals surface area contributed by atoms with E-state index in [4.69, 9.17) is 4.74 Å². The van der Waals surface area contributed by atoms with Crippen molar-refractivity contribution in [2.24, 2.45) is 0 Å². The minimum Gasteiger partial charge on any atom is -0.497 e. The minimum absolute atomic E-state index is 0.413. The maximum Gasteiger partial charge on any atom is 0.249 e. The lowest BCUT2D eigenvalue weighted by Gasteiger charge is -2.09. The predicted octanol–water partition coefficient (Wildman–Crippen LogP) is 4.44. The topological polar surface area (TPSA) is 72.0 Å². The van der Waals surface area contributed by atoms with Gasteiger partial charge >= 0.3 is 0 Å². The number of benzene rings is 2. The summed E-state index contributed by atoms with van der Waals surface area (Å²) in [6, 6.07) is 13.5. The lowest BCUT2D eigenvalue weighted by Crippen LogP contribution is -2.02. The molecule has 3 aromatic rings. The van der Waals surface area contributed by atoms with Gasteiger partial charge in [0.15, 0.2) is 5.82 Å². The third-order valence-electron chi connectivity index (χ3n) is 3.35. The molecule has 2 aromatic carbocycles. The molecule has 0 amide bonds. The predicted molar refractivity (Wildman–Crippen MR) is 98.3 cm³/mol. The second-order valence-electron chi connectivity index (χ2n) is 5.11. The molecule has 0 radical (unpaired) electrons. The van der Waals surface area contributed by atoms with Crippen LogP contribution in [0.15, 0.2) is 53.1 Å². The maximum atomic E-state index is 5.14. The van der Waals surface area contributed by atoms with Crippen molar-refractivity contribution in [1.82, 2.24) is 15.2 Å². The molecule has 2 N–H and O–H groups in total. The minimum atomic E-state index is 0.413. The first kappa shape index (κ1) is 16.2. The molecule has 24 heavy (non-hydrogen) atoms. The van der Waals surface area contributed by atoms with Crippen molar-refractivity contribution in [2.45, 2.75) is 6.92 Å². The molecule has 0 fully saturated rings. The van der Waals surface area contributed by atoms with Gasteiger partial charge in [0.25, 0.3) is 0 Å². The van der Waals surface area contributed by atoms with Crippen LogP contribution in [0.1, 0.15) is 5.56 Å². The largest absolute Gasteiger partial charge is 0.497 e. The van der Waals surface area contributed by atoms with Crippen LogP contribution in [0.4, 0.5) is 23.1 Å². The van der Waals surface area contributed by atoms with Crippen LogP contribution >= 0.6 is 15.9 Å². The Bertz CT molecular complexity index is 839. The highest BCUT2D eigenvalue weighted by atomic mass is 79.9. The van der Waals surface area contributed by atoms with Crippen molar-refractivity contribution >= 4 is 39.1 Å². The van der Waals surface area contributed by atoms with E-state index in [0.717, 1.165) is 21.6 Å². The van der Waals surface area contributed by atoms with E-state index >= 15 is 0 Å². The van der Waals surface area contributed by atoms with Crippen LogP contribution in [0.2, 0.25) is 0 Å². The van der Waals surface area contributed by atoms with E-state index < -0.39 is 0 Å². The highest BCUT2D eigenvalue weighted by Gasteiger charge is 2.04. The molecule has 3 rings (SSSR count). The molecule has 0 bridgehead atoms. The number of hydrogen-bond donors (Lipinski definition) is 2. The summed E-state index contributed by atoms with van der Waals surface area (Å²) in [5.74, 6) is 1.81. The summed E-state index contributed by atoms with van der Waals surface area (Å²) in [4.78, 5) is 4.42. The highest BCUT2D eigenvalue weighted by Crippen LogP contribution is 2.23. The normalized spacial score (nSPS) is 10.3. The Labute approximate surface area is 148 Å². The molecule has 0 atom stereocenters. The number of nitrogens with one attached hydrogen (secondary N) is 2. The van der Waals surface area contributed by atoms with Crippen LogP contribution in [0.25, 0.3) is 0 Å². The number of nitrogens with zero attached hydrogens (tertiary/aromatic N) is 3. The number of halogens is 1. The van der Waals surface area contributed by atoms with Crippen LogP contribution in [-0.4, -0.2) is 22.3 Å². The monoisotopic (exact) mass is 385 g/mol. The summed E-state index contributed by atoms with van der Waals surface area (Å²) in [5.41, 5.74) is 2.94. The van der Waals surface area contributed by atoms with Crippen molar-refractivity contribution in [3.8, 4) is 5.75 Å². The summed E-state index contributed by atoms with van der Waals surface area (Å²) >= 11 is 3.52. The first-order valence-electron chi connectivity index (χ1n) is 7.28. The molecule has 7 heteroatoms. The van der Waals surface area contributed by atoms with Crippen LogP contribution < -0.4 is 15.4 Å². The number of rotatable bonds is 5. The zero-order valence-electron chi connectivity index (χ0n) is 13.2. The number of methoxy groups -OCH3 is 1. The molecular weight excluding hydrogens is 370 g/mol. The Morgan fingerprint density at radius 2 is 1.75 bits per heavy atom. The van der Waals surface area contributed by atoms with Gasteiger partial charge in [-0.2, -0.15) is 10.1 Å². The quantitative estimate of drug-likeness (QED) is 0.676. The third-order valence-corrected chi connectivity index (χ3v) is 4.20. The van der Waals surface area contributed by atoms with Gasteiger partial charge in [-0.25, -0.2) is 0 Å². The van der Waals surface area contributed by atoms with Gasteiger partial charge in [0.05, 0.1) is 13.3 Å². The summed E-state index contributed by atoms with van der Waals surface area (Å²) in [7, 11) is 1.63. The highest BCUT2D eigenvalue weighted by molar-refractivity contribution is 9.10. The zero-order chi connectivity index (χ0) is 16.9. The van der Waals surface area contributed by atoms with Crippen molar-refractivity contribution < 1.29 is 4.74 Å². The number of ether oxygens (including phenoxy) is 1. The van der Waals surface area contributed by atoms with Crippen LogP contribution in [0, 0.1) is 6.92 Å². The van der Waals surface area contributed by atoms with E-state index in [-0.39, 0.29) is 0 Å². The van der Waals surface area contributed by atoms with Crippen LogP contribution in [0.3, 0.4) is 0 Å². The summed E-state index contributed by atoms with van der Waals surface area (Å²) in [6.07, 6.45) is 1.58. The Morgan fingerprint density at radius 3 is 2.46 bits per heavy atom. The first-order chi connectivity index (χ1) is 11.6. The Morgan fingerprint density at radius 1 is 1.00 bits per heavy atom. The van der Waals surface area contributed by atoms with Crippen molar-refractivity contribution in [2.75, 3.05) is 17.7 Å². The average Bonchev–Trinajstić information content (AvgIpc) is 2.59.